The fourth-order valence-corrected chi connectivity index (χ4v) is 5.50. The van der Waals surface area contributed by atoms with E-state index in [9.17, 15) is 14.3 Å². The SMILES string of the molecule is Cc1ccc(C[C@@H]2CCCN2C[C@@H](O)CO[C@H](C)C2=CC(OC(C)C)CC=C2CCCCC(=O)O)cc1F. The van der Waals surface area contributed by atoms with Gasteiger partial charge in [-0.2, -0.15) is 0 Å². The zero-order valence-electron chi connectivity index (χ0n) is 23.5. The van der Waals surface area contributed by atoms with Crippen molar-refractivity contribution >= 4 is 5.97 Å². The van der Waals surface area contributed by atoms with Crippen LogP contribution in [0.2, 0.25) is 0 Å². The second kappa shape index (κ2) is 14.9. The van der Waals surface area contributed by atoms with Gasteiger partial charge in [-0.25, -0.2) is 4.39 Å². The zero-order valence-corrected chi connectivity index (χ0v) is 23.5. The average molecular weight is 532 g/mol. The molecule has 0 aromatic heterocycles. The number of benzene rings is 1. The third-order valence-corrected chi connectivity index (χ3v) is 7.49. The molecule has 7 heteroatoms. The molecular weight excluding hydrogens is 485 g/mol. The highest BCUT2D eigenvalue weighted by Crippen LogP contribution is 2.30. The van der Waals surface area contributed by atoms with Gasteiger partial charge < -0.3 is 19.7 Å². The minimum Gasteiger partial charge on any atom is -0.481 e. The predicted octanol–water partition coefficient (Wildman–Crippen LogP) is 5.60. The second-order valence-electron chi connectivity index (χ2n) is 11.1. The summed E-state index contributed by atoms with van der Waals surface area (Å²) in [5, 5.41) is 19.8. The van der Waals surface area contributed by atoms with Crippen molar-refractivity contribution in [2.24, 2.45) is 0 Å². The van der Waals surface area contributed by atoms with Crippen LogP contribution in [0.3, 0.4) is 0 Å². The molecule has 0 saturated carbocycles. The molecule has 1 heterocycles. The van der Waals surface area contributed by atoms with Crippen molar-refractivity contribution in [3.8, 4) is 0 Å². The number of hydrogen-bond donors (Lipinski definition) is 2. The van der Waals surface area contributed by atoms with Crippen LogP contribution in [-0.4, -0.2) is 71.2 Å². The molecule has 2 N–H and O–H groups in total. The first kappa shape index (κ1) is 30.5. The van der Waals surface area contributed by atoms with E-state index in [1.54, 1.807) is 13.0 Å². The Bertz CT molecular complexity index is 975. The van der Waals surface area contributed by atoms with Crippen LogP contribution in [0.5, 0.6) is 0 Å². The van der Waals surface area contributed by atoms with Crippen LogP contribution in [0.4, 0.5) is 4.39 Å². The van der Waals surface area contributed by atoms with E-state index < -0.39 is 12.1 Å². The summed E-state index contributed by atoms with van der Waals surface area (Å²) in [4.78, 5) is 13.2. The fourth-order valence-electron chi connectivity index (χ4n) is 5.50. The number of rotatable bonds is 15. The van der Waals surface area contributed by atoms with Crippen LogP contribution in [0, 0.1) is 12.7 Å². The summed E-state index contributed by atoms with van der Waals surface area (Å²) in [6.07, 6.45) is 9.74. The molecule has 0 bridgehead atoms. The van der Waals surface area contributed by atoms with Gasteiger partial charge in [0.05, 0.1) is 31.0 Å². The van der Waals surface area contributed by atoms with Crippen LogP contribution in [-0.2, 0) is 20.7 Å². The topological polar surface area (TPSA) is 79.2 Å². The Morgan fingerprint density at radius 2 is 2.03 bits per heavy atom. The highest BCUT2D eigenvalue weighted by atomic mass is 19.1. The van der Waals surface area contributed by atoms with Crippen LogP contribution in [0.25, 0.3) is 0 Å². The van der Waals surface area contributed by atoms with Gasteiger partial charge in [0.2, 0.25) is 0 Å². The van der Waals surface area contributed by atoms with Gasteiger partial charge in [0.1, 0.15) is 5.82 Å². The Labute approximate surface area is 227 Å². The number of β-amino-alcohol motifs (C(OH)–C–C–N with tert-alkyl or cyclic N) is 1. The van der Waals surface area contributed by atoms with Crippen molar-refractivity contribution in [2.45, 2.75) is 110 Å². The Hall–Kier alpha value is -2.06. The predicted molar refractivity (Wildman–Crippen MR) is 148 cm³/mol. The van der Waals surface area contributed by atoms with Gasteiger partial charge in [0.25, 0.3) is 0 Å². The van der Waals surface area contributed by atoms with Crippen molar-refractivity contribution in [1.29, 1.82) is 0 Å². The molecule has 1 unspecified atom stereocenters. The maximum absolute atomic E-state index is 14.0. The van der Waals surface area contributed by atoms with Crippen molar-refractivity contribution < 1.29 is 28.9 Å². The molecule has 1 saturated heterocycles. The number of aliphatic hydroxyl groups is 1. The van der Waals surface area contributed by atoms with Gasteiger partial charge in [-0.1, -0.05) is 18.2 Å². The summed E-state index contributed by atoms with van der Waals surface area (Å²) < 4.78 is 26.2. The minimum atomic E-state index is -0.763. The average Bonchev–Trinajstić information content (AvgIpc) is 3.28. The molecule has 212 valence electrons. The number of carbonyl (C=O) groups is 1. The molecule has 0 amide bonds. The van der Waals surface area contributed by atoms with E-state index in [2.05, 4.69) is 17.1 Å². The van der Waals surface area contributed by atoms with E-state index in [1.807, 2.05) is 32.9 Å². The molecular formula is C31H46FNO5. The van der Waals surface area contributed by atoms with Crippen LogP contribution < -0.4 is 0 Å². The summed E-state index contributed by atoms with van der Waals surface area (Å²) in [6.45, 7) is 9.51. The molecule has 2 aliphatic rings. The largest absolute Gasteiger partial charge is 0.481 e. The minimum absolute atomic E-state index is 0.0132. The molecule has 1 aromatic carbocycles. The summed E-state index contributed by atoms with van der Waals surface area (Å²) in [7, 11) is 0. The lowest BCUT2D eigenvalue weighted by Crippen LogP contribution is -2.39. The smallest absolute Gasteiger partial charge is 0.303 e. The van der Waals surface area contributed by atoms with Gasteiger partial charge in [0, 0.05) is 19.0 Å². The number of ether oxygens (including phenoxy) is 2. The summed E-state index contributed by atoms with van der Waals surface area (Å²) >= 11 is 0. The lowest BCUT2D eigenvalue weighted by molar-refractivity contribution is -0.137. The van der Waals surface area contributed by atoms with E-state index in [0.717, 1.165) is 56.2 Å². The third kappa shape index (κ3) is 9.60. The quantitative estimate of drug-likeness (QED) is 0.287. The van der Waals surface area contributed by atoms with E-state index in [-0.39, 0.29) is 37.2 Å². The monoisotopic (exact) mass is 531 g/mol. The number of carboxylic acid groups (broad SMARTS) is 1. The highest BCUT2D eigenvalue weighted by Gasteiger charge is 2.28. The molecule has 6 nitrogen and oxygen atoms in total. The molecule has 1 aromatic rings. The molecule has 0 spiro atoms. The number of hydrogen-bond acceptors (Lipinski definition) is 5. The summed E-state index contributed by atoms with van der Waals surface area (Å²) in [6, 6.07) is 5.75. The molecule has 1 aliphatic heterocycles. The molecule has 1 fully saturated rings. The Kier molecular flexibility index (Phi) is 12.0. The second-order valence-corrected chi connectivity index (χ2v) is 11.1. The number of aliphatic hydroxyl groups excluding tert-OH is 1. The Balaban J connectivity index is 1.53. The van der Waals surface area contributed by atoms with Crippen LogP contribution >= 0.6 is 0 Å². The molecule has 38 heavy (non-hydrogen) atoms. The zero-order chi connectivity index (χ0) is 27.7. The number of halogens is 1. The molecule has 1 aliphatic carbocycles. The number of carboxylic acids is 1. The molecule has 0 radical (unpaired) electrons. The maximum Gasteiger partial charge on any atom is 0.303 e. The number of nitrogens with zero attached hydrogens (tertiary/aromatic N) is 1. The van der Waals surface area contributed by atoms with Crippen molar-refractivity contribution in [2.75, 3.05) is 19.7 Å². The highest BCUT2D eigenvalue weighted by molar-refractivity contribution is 5.66. The first-order valence-corrected chi connectivity index (χ1v) is 14.2. The first-order valence-electron chi connectivity index (χ1n) is 14.2. The maximum atomic E-state index is 14.0. The molecule has 4 atom stereocenters. The number of unbranched alkanes of at least 4 members (excludes halogenated alkanes) is 1. The van der Waals surface area contributed by atoms with Crippen molar-refractivity contribution in [3.63, 3.8) is 0 Å². The summed E-state index contributed by atoms with van der Waals surface area (Å²) in [5.74, 6) is -0.927. The molecule has 3 rings (SSSR count). The Morgan fingerprint density at radius 1 is 1.24 bits per heavy atom. The van der Waals surface area contributed by atoms with Crippen LogP contribution in [0.15, 0.2) is 41.5 Å². The third-order valence-electron chi connectivity index (χ3n) is 7.49. The number of aliphatic carboxylic acids is 1. The van der Waals surface area contributed by atoms with E-state index in [1.165, 1.54) is 5.57 Å². The Morgan fingerprint density at radius 3 is 2.74 bits per heavy atom. The van der Waals surface area contributed by atoms with E-state index >= 15 is 0 Å². The standard InChI is InChI=1S/C31H46FNO5/c1-21(2)38-28-14-13-25(8-5-6-10-31(35)36)29(18-28)23(4)37-20-27(34)19-33-15-7-9-26(33)16-24-12-11-22(3)30(32)17-24/h11-13,17-18,21,23,26-28,34H,5-10,14-16,19-20H2,1-4H3,(H,35,36)/t23-,26+,27-,28?/m1/s1. The number of aryl methyl sites for hydroxylation is 1. The van der Waals surface area contributed by atoms with E-state index in [4.69, 9.17) is 14.6 Å². The van der Waals surface area contributed by atoms with Gasteiger partial charge in [-0.3, -0.25) is 9.69 Å². The summed E-state index contributed by atoms with van der Waals surface area (Å²) in [5.41, 5.74) is 3.91. The van der Waals surface area contributed by atoms with Gasteiger partial charge >= 0.3 is 5.97 Å². The van der Waals surface area contributed by atoms with Crippen molar-refractivity contribution in [1.82, 2.24) is 4.90 Å². The van der Waals surface area contributed by atoms with Crippen LogP contribution in [0.1, 0.15) is 76.8 Å². The normalized spacial score (nSPS) is 21.9. The fraction of sp³-hybridized carbons (Fsp3) is 0.645. The first-order chi connectivity index (χ1) is 18.1. The van der Waals surface area contributed by atoms with Gasteiger partial charge in [-0.05, 0) is 114 Å². The van der Waals surface area contributed by atoms with Crippen molar-refractivity contribution in [3.05, 3.63) is 58.4 Å². The van der Waals surface area contributed by atoms with Gasteiger partial charge in [-0.15, -0.1) is 0 Å². The lowest BCUT2D eigenvalue weighted by Gasteiger charge is -2.29. The van der Waals surface area contributed by atoms with Gasteiger partial charge in [0.15, 0.2) is 0 Å². The van der Waals surface area contributed by atoms with E-state index in [0.29, 0.717) is 24.6 Å². The number of likely N-dealkylation sites (tertiary alicyclic amines) is 1. The lowest BCUT2D eigenvalue weighted by atomic mass is 9.89.